The molecule has 0 aliphatic heterocycles. The Hall–Kier alpha value is 0.679. The van der Waals surface area contributed by atoms with Crippen LogP contribution in [-0.4, -0.2) is 0 Å². The second kappa shape index (κ2) is 9.68. The third-order valence-corrected chi connectivity index (χ3v) is 1.56. The summed E-state index contributed by atoms with van der Waals surface area (Å²) in [6.45, 7) is 0. The molecule has 0 amide bonds. The van der Waals surface area contributed by atoms with Gasteiger partial charge in [0, 0.05) is 0 Å². The Balaban J connectivity index is 0.000000371. The van der Waals surface area contributed by atoms with Gasteiger partial charge in [-0.1, -0.05) is 32.1 Å². The zero-order chi connectivity index (χ0) is 7.66. The summed E-state index contributed by atoms with van der Waals surface area (Å²) in [5.74, 6) is 0. The van der Waals surface area contributed by atoms with Crippen molar-refractivity contribution in [3.8, 4) is 0 Å². The van der Waals surface area contributed by atoms with E-state index in [0.29, 0.717) is 0 Å². The van der Waals surface area contributed by atoms with Crippen molar-refractivity contribution >= 4 is 9.58 Å². The van der Waals surface area contributed by atoms with Crippen molar-refractivity contribution in [2.75, 3.05) is 0 Å². The summed E-state index contributed by atoms with van der Waals surface area (Å²) >= 11 is 1.19. The zero-order valence-corrected chi connectivity index (χ0v) is 9.55. The molecule has 0 saturated heterocycles. The Bertz CT molecular complexity index is 71.3. The van der Waals surface area contributed by atoms with Gasteiger partial charge in [-0.2, -0.15) is 6.42 Å². The number of rotatable bonds is 0. The van der Waals surface area contributed by atoms with Gasteiger partial charge in [0.05, 0.1) is 0 Å². The Morgan fingerprint density at radius 3 is 2.60 bits per heavy atom. The molecule has 0 nitrogen and oxygen atoms in total. The van der Waals surface area contributed by atoms with Gasteiger partial charge in [0.25, 0.3) is 0 Å². The summed E-state index contributed by atoms with van der Waals surface area (Å²) in [6.07, 6.45) is 13.5. The van der Waals surface area contributed by atoms with Gasteiger partial charge in [0.1, 0.15) is 0 Å². The molecule has 0 bridgehead atoms. The molecule has 0 unspecified atom stereocenters. The average molecular weight is 339 g/mol. The first kappa shape index (κ1) is 10.7. The molecule has 0 spiro atoms. The van der Waals surface area contributed by atoms with Crippen LogP contribution in [0.4, 0.5) is 0 Å². The van der Waals surface area contributed by atoms with Gasteiger partial charge in [-0.25, -0.2) is 0 Å². The monoisotopic (exact) mass is 339 g/mol. The number of halogens is 1. The van der Waals surface area contributed by atoms with Crippen molar-refractivity contribution < 1.29 is 17.9 Å². The van der Waals surface area contributed by atoms with Crippen LogP contribution in [0, 0.1) is 6.08 Å². The molecule has 0 atom stereocenters. The first-order chi connectivity index (χ1) is 5.00. The van der Waals surface area contributed by atoms with Crippen LogP contribution in [0.15, 0.2) is 6.08 Å². The minimum absolute atomic E-state index is 1.19. The molecule has 1 rings (SSSR count). The molecule has 2 heteroatoms. The zero-order valence-electron chi connectivity index (χ0n) is 6.08. The van der Waals surface area contributed by atoms with Crippen molar-refractivity contribution in [1.29, 1.82) is 0 Å². The van der Waals surface area contributed by atoms with Crippen LogP contribution < -0.4 is 0 Å². The van der Waals surface area contributed by atoms with E-state index in [4.69, 9.17) is 9.58 Å². The Morgan fingerprint density at radius 2 is 1.80 bits per heavy atom. The summed E-state index contributed by atoms with van der Waals surface area (Å²) in [7, 11) is 4.69. The average Bonchev–Trinajstić information content (AvgIpc) is 1.90. The van der Waals surface area contributed by atoms with Crippen molar-refractivity contribution in [3.63, 3.8) is 0 Å². The van der Waals surface area contributed by atoms with Crippen molar-refractivity contribution in [2.45, 2.75) is 38.5 Å². The molecule has 0 saturated carbocycles. The van der Waals surface area contributed by atoms with Crippen molar-refractivity contribution in [1.82, 2.24) is 0 Å². The fourth-order valence-corrected chi connectivity index (χ4v) is 1.03. The predicted molar refractivity (Wildman–Crippen MR) is 44.2 cm³/mol. The van der Waals surface area contributed by atoms with Gasteiger partial charge in [-0.15, -0.1) is 0 Å². The van der Waals surface area contributed by atoms with Gasteiger partial charge < -0.3 is 6.08 Å². The van der Waals surface area contributed by atoms with E-state index < -0.39 is 0 Å². The maximum atomic E-state index is 4.69. The van der Waals surface area contributed by atoms with E-state index in [1.165, 1.54) is 56.4 Å². The molecule has 0 fully saturated rings. The van der Waals surface area contributed by atoms with Crippen LogP contribution in [0.5, 0.6) is 0 Å². The van der Waals surface area contributed by atoms with Crippen molar-refractivity contribution in [2.24, 2.45) is 0 Å². The molecule has 1 aliphatic carbocycles. The van der Waals surface area contributed by atoms with Gasteiger partial charge in [0.15, 0.2) is 0 Å². The first-order valence-corrected chi connectivity index (χ1v) is 7.06. The first-order valence-electron chi connectivity index (χ1n) is 3.69. The number of hydrogen-bond acceptors (Lipinski definition) is 0. The third-order valence-electron chi connectivity index (χ3n) is 1.56. The van der Waals surface area contributed by atoms with Gasteiger partial charge >= 0.3 is 27.5 Å². The quantitative estimate of drug-likeness (QED) is 0.596. The third kappa shape index (κ3) is 6.79. The van der Waals surface area contributed by atoms with Crippen LogP contribution in [-0.2, 0) is 17.9 Å². The molecule has 0 aromatic carbocycles. The normalized spacial score (nSPS) is 18.3. The summed E-state index contributed by atoms with van der Waals surface area (Å²) in [5.41, 5.74) is 0. The van der Waals surface area contributed by atoms with E-state index in [9.17, 15) is 0 Å². The predicted octanol–water partition coefficient (Wildman–Crippen LogP) is 2.85. The Morgan fingerprint density at radius 1 is 1.10 bits per heavy atom. The molecule has 0 radical (unpaired) electrons. The van der Waals surface area contributed by atoms with E-state index in [0.717, 1.165) is 0 Å². The Kier molecular flexibility index (Phi) is 10.3. The molecule has 1 aliphatic rings. The molecular weight excluding hydrogens is 324 g/mol. The Labute approximate surface area is 78.2 Å². The van der Waals surface area contributed by atoms with Gasteiger partial charge in [-0.05, 0) is 0 Å². The second-order valence-electron chi connectivity index (χ2n) is 2.36. The number of hydrogen-bond donors (Lipinski definition) is 0. The van der Waals surface area contributed by atoms with Gasteiger partial charge in [-0.3, -0.25) is 6.08 Å². The summed E-state index contributed by atoms with van der Waals surface area (Å²) in [5, 5.41) is 0. The van der Waals surface area contributed by atoms with Crippen LogP contribution in [0.3, 0.4) is 0 Å². The van der Waals surface area contributed by atoms with E-state index in [1.807, 2.05) is 0 Å². The second-order valence-corrected chi connectivity index (χ2v) is 2.36. The molecule has 0 aromatic rings. The van der Waals surface area contributed by atoms with E-state index in [2.05, 4.69) is 12.2 Å². The van der Waals surface area contributed by atoms with E-state index >= 15 is 0 Å². The van der Waals surface area contributed by atoms with Crippen molar-refractivity contribution in [3.05, 3.63) is 12.2 Å². The van der Waals surface area contributed by atoms with Crippen LogP contribution >= 0.6 is 9.58 Å². The fourth-order valence-electron chi connectivity index (χ4n) is 1.03. The molecule has 0 N–H and O–H groups in total. The molecule has 64 valence electrons. The maximum absolute atomic E-state index is 4.69. The van der Waals surface area contributed by atoms with E-state index in [1.54, 1.807) is 0 Å². The topological polar surface area (TPSA) is 0 Å². The molecule has 0 heterocycles. The SMILES string of the molecule is [C-]1=CCCCCCC1.[Cl][IrH2]. The minimum atomic E-state index is 1.19. The van der Waals surface area contributed by atoms with Crippen LogP contribution in [0.25, 0.3) is 0 Å². The molecule has 10 heavy (non-hydrogen) atoms. The van der Waals surface area contributed by atoms with Gasteiger partial charge in [0.2, 0.25) is 0 Å². The number of allylic oxidation sites excluding steroid dienone is 2. The fraction of sp³-hybridized carbons (Fsp3) is 0.750. The molecular formula is C8H15ClIr-. The molecule has 0 aromatic heterocycles. The summed E-state index contributed by atoms with van der Waals surface area (Å²) in [6, 6.07) is 0. The standard InChI is InChI=1S/C8H13.ClH.Ir.2H/c1-2-4-6-8-7-5-3-1;;;;/h1H,2,4-8H2;1H;;;/q-1;;+1;;/p-1. The van der Waals surface area contributed by atoms with E-state index in [-0.39, 0.29) is 0 Å². The summed E-state index contributed by atoms with van der Waals surface area (Å²) < 4.78 is 0. The van der Waals surface area contributed by atoms with Crippen LogP contribution in [0.1, 0.15) is 38.5 Å². The summed E-state index contributed by atoms with van der Waals surface area (Å²) in [4.78, 5) is 0. The van der Waals surface area contributed by atoms with Crippen LogP contribution in [0.2, 0.25) is 0 Å².